The van der Waals surface area contributed by atoms with E-state index in [0.29, 0.717) is 5.82 Å². The van der Waals surface area contributed by atoms with Crippen LogP contribution in [0, 0.1) is 0 Å². The van der Waals surface area contributed by atoms with Crippen molar-refractivity contribution in [2.24, 2.45) is 0 Å². The van der Waals surface area contributed by atoms with E-state index in [1.165, 1.54) is 35.5 Å². The Morgan fingerprint density at radius 2 is 1.83 bits per heavy atom. The van der Waals surface area contributed by atoms with Crippen molar-refractivity contribution < 1.29 is 18.0 Å². The highest BCUT2D eigenvalue weighted by atomic mass is 19.4. The SMILES string of the molecule is O=C(Nc1ccc(C(F)(F)F)cc1)c1cccc(-n2cncn2)n1. The molecule has 0 spiro atoms. The van der Waals surface area contributed by atoms with E-state index in [0.717, 1.165) is 12.1 Å². The van der Waals surface area contributed by atoms with Crippen molar-refractivity contribution in [2.75, 3.05) is 5.32 Å². The molecule has 122 valence electrons. The molecule has 0 unspecified atom stereocenters. The van der Waals surface area contributed by atoms with Gasteiger partial charge in [-0.3, -0.25) is 4.79 Å². The van der Waals surface area contributed by atoms with Gasteiger partial charge in [0.15, 0.2) is 5.82 Å². The summed E-state index contributed by atoms with van der Waals surface area (Å²) < 4.78 is 38.9. The van der Waals surface area contributed by atoms with Crippen molar-refractivity contribution in [3.05, 3.63) is 66.4 Å². The zero-order valence-corrected chi connectivity index (χ0v) is 12.0. The summed E-state index contributed by atoms with van der Waals surface area (Å²) in [4.78, 5) is 20.1. The third-order valence-electron chi connectivity index (χ3n) is 3.09. The molecule has 0 saturated carbocycles. The highest BCUT2D eigenvalue weighted by Crippen LogP contribution is 2.29. The zero-order chi connectivity index (χ0) is 17.2. The van der Waals surface area contributed by atoms with Gasteiger partial charge >= 0.3 is 6.18 Å². The average molecular weight is 333 g/mol. The lowest BCUT2D eigenvalue weighted by Crippen LogP contribution is -2.15. The lowest BCUT2D eigenvalue weighted by atomic mass is 10.2. The second kappa shape index (κ2) is 6.11. The molecule has 9 heteroatoms. The Balaban J connectivity index is 1.77. The Kier molecular flexibility index (Phi) is 3.98. The summed E-state index contributed by atoms with van der Waals surface area (Å²) in [6.07, 6.45) is -1.66. The maximum absolute atomic E-state index is 12.5. The summed E-state index contributed by atoms with van der Waals surface area (Å²) in [5, 5.41) is 6.40. The molecule has 2 aromatic heterocycles. The first-order valence-corrected chi connectivity index (χ1v) is 6.74. The fourth-order valence-corrected chi connectivity index (χ4v) is 1.94. The Hall–Kier alpha value is -3.23. The fraction of sp³-hybridized carbons (Fsp3) is 0.0667. The van der Waals surface area contributed by atoms with Crippen LogP contribution >= 0.6 is 0 Å². The molecule has 0 aliphatic heterocycles. The van der Waals surface area contributed by atoms with Gasteiger partial charge in [0, 0.05) is 5.69 Å². The lowest BCUT2D eigenvalue weighted by Gasteiger charge is -2.09. The van der Waals surface area contributed by atoms with E-state index >= 15 is 0 Å². The first-order valence-electron chi connectivity index (χ1n) is 6.74. The number of alkyl halides is 3. The van der Waals surface area contributed by atoms with Crippen molar-refractivity contribution >= 4 is 11.6 Å². The Labute approximate surface area is 134 Å². The molecule has 24 heavy (non-hydrogen) atoms. The van der Waals surface area contributed by atoms with Crippen LogP contribution < -0.4 is 5.32 Å². The number of hydrogen-bond acceptors (Lipinski definition) is 4. The van der Waals surface area contributed by atoms with Crippen LogP contribution in [0.2, 0.25) is 0 Å². The average Bonchev–Trinajstić information content (AvgIpc) is 3.09. The smallest absolute Gasteiger partial charge is 0.321 e. The van der Waals surface area contributed by atoms with Gasteiger partial charge in [-0.15, -0.1) is 0 Å². The number of hydrogen-bond donors (Lipinski definition) is 1. The minimum Gasteiger partial charge on any atom is -0.321 e. The number of pyridine rings is 1. The maximum atomic E-state index is 12.5. The summed E-state index contributed by atoms with van der Waals surface area (Å²) in [6.45, 7) is 0. The molecule has 2 heterocycles. The Morgan fingerprint density at radius 1 is 1.08 bits per heavy atom. The molecule has 0 fully saturated rings. The van der Waals surface area contributed by atoms with Gasteiger partial charge in [-0.05, 0) is 36.4 Å². The van der Waals surface area contributed by atoms with Crippen LogP contribution in [0.4, 0.5) is 18.9 Å². The Bertz CT molecular complexity index is 844. The topological polar surface area (TPSA) is 72.7 Å². The molecular formula is C15H10F3N5O. The summed E-state index contributed by atoms with van der Waals surface area (Å²) in [5.41, 5.74) is -0.448. The van der Waals surface area contributed by atoms with Gasteiger partial charge in [0.25, 0.3) is 5.91 Å². The number of nitrogens with zero attached hydrogens (tertiary/aromatic N) is 4. The van der Waals surface area contributed by atoms with Crippen molar-refractivity contribution in [1.29, 1.82) is 0 Å². The highest BCUT2D eigenvalue weighted by molar-refractivity contribution is 6.02. The number of carbonyl (C=O) groups is 1. The zero-order valence-electron chi connectivity index (χ0n) is 12.0. The molecule has 1 N–H and O–H groups in total. The monoisotopic (exact) mass is 333 g/mol. The molecular weight excluding hydrogens is 323 g/mol. The Morgan fingerprint density at radius 3 is 2.46 bits per heavy atom. The van der Waals surface area contributed by atoms with Gasteiger partial charge in [0.05, 0.1) is 5.56 Å². The molecule has 0 saturated heterocycles. The van der Waals surface area contributed by atoms with Crippen molar-refractivity contribution in [3.8, 4) is 5.82 Å². The molecule has 0 aliphatic carbocycles. The number of nitrogens with one attached hydrogen (secondary N) is 1. The standard InChI is InChI=1S/C15H10F3N5O/c16-15(17,18)10-4-6-11(7-5-10)21-14(24)12-2-1-3-13(22-12)23-9-19-8-20-23/h1-9H,(H,21,24). The van der Waals surface area contributed by atoms with E-state index in [1.807, 2.05) is 0 Å². The van der Waals surface area contributed by atoms with E-state index in [2.05, 4.69) is 20.4 Å². The van der Waals surface area contributed by atoms with Crippen molar-refractivity contribution in [2.45, 2.75) is 6.18 Å². The van der Waals surface area contributed by atoms with Crippen LogP contribution in [0.5, 0.6) is 0 Å². The summed E-state index contributed by atoms with van der Waals surface area (Å²) in [6, 6.07) is 8.91. The van der Waals surface area contributed by atoms with Crippen molar-refractivity contribution in [3.63, 3.8) is 0 Å². The molecule has 0 bridgehead atoms. The molecule has 6 nitrogen and oxygen atoms in total. The minimum atomic E-state index is -4.42. The molecule has 3 rings (SSSR count). The maximum Gasteiger partial charge on any atom is 0.416 e. The van der Waals surface area contributed by atoms with Gasteiger partial charge < -0.3 is 5.32 Å². The van der Waals surface area contributed by atoms with Gasteiger partial charge in [0.1, 0.15) is 18.3 Å². The fourth-order valence-electron chi connectivity index (χ4n) is 1.94. The summed E-state index contributed by atoms with van der Waals surface area (Å²) in [7, 11) is 0. The number of benzene rings is 1. The third kappa shape index (κ3) is 3.40. The van der Waals surface area contributed by atoms with Crippen LogP contribution in [0.1, 0.15) is 16.1 Å². The summed E-state index contributed by atoms with van der Waals surface area (Å²) in [5.74, 6) is -0.149. The summed E-state index contributed by atoms with van der Waals surface area (Å²) >= 11 is 0. The third-order valence-corrected chi connectivity index (χ3v) is 3.09. The van der Waals surface area contributed by atoms with E-state index in [9.17, 15) is 18.0 Å². The molecule has 0 radical (unpaired) electrons. The minimum absolute atomic E-state index is 0.0999. The van der Waals surface area contributed by atoms with Gasteiger partial charge in [-0.2, -0.15) is 18.3 Å². The number of amides is 1. The first kappa shape index (κ1) is 15.7. The molecule has 0 aliphatic rings. The van der Waals surface area contributed by atoms with Crippen LogP contribution in [-0.2, 0) is 6.18 Å². The second-order valence-electron chi connectivity index (χ2n) is 4.75. The highest BCUT2D eigenvalue weighted by Gasteiger charge is 2.30. The normalized spacial score (nSPS) is 11.3. The van der Waals surface area contributed by atoms with Crippen molar-refractivity contribution in [1.82, 2.24) is 19.7 Å². The molecule has 0 atom stereocenters. The molecule has 1 aromatic carbocycles. The van der Waals surface area contributed by atoms with Crippen LogP contribution in [-0.4, -0.2) is 25.7 Å². The van der Waals surface area contributed by atoms with Gasteiger partial charge in [0.2, 0.25) is 0 Å². The molecule has 1 amide bonds. The number of carbonyl (C=O) groups excluding carboxylic acids is 1. The van der Waals surface area contributed by atoms with E-state index in [1.54, 1.807) is 12.1 Å². The predicted molar refractivity (Wildman–Crippen MR) is 78.6 cm³/mol. The number of aromatic nitrogens is 4. The predicted octanol–water partition coefficient (Wildman–Crippen LogP) is 2.93. The number of halogens is 3. The lowest BCUT2D eigenvalue weighted by molar-refractivity contribution is -0.137. The van der Waals surface area contributed by atoms with Gasteiger partial charge in [-0.25, -0.2) is 14.6 Å². The van der Waals surface area contributed by atoms with Crippen LogP contribution in [0.25, 0.3) is 5.82 Å². The van der Waals surface area contributed by atoms with E-state index in [-0.39, 0.29) is 11.4 Å². The van der Waals surface area contributed by atoms with E-state index in [4.69, 9.17) is 0 Å². The largest absolute Gasteiger partial charge is 0.416 e. The number of anilines is 1. The number of rotatable bonds is 3. The van der Waals surface area contributed by atoms with Crippen LogP contribution in [0.15, 0.2) is 55.1 Å². The van der Waals surface area contributed by atoms with Gasteiger partial charge in [-0.1, -0.05) is 6.07 Å². The first-order chi connectivity index (χ1) is 11.4. The second-order valence-corrected chi connectivity index (χ2v) is 4.75. The quantitative estimate of drug-likeness (QED) is 0.800. The van der Waals surface area contributed by atoms with Crippen LogP contribution in [0.3, 0.4) is 0 Å². The van der Waals surface area contributed by atoms with E-state index < -0.39 is 17.6 Å². The molecule has 3 aromatic rings.